The van der Waals surface area contributed by atoms with E-state index >= 15 is 0 Å². The number of nitrogens with two attached hydrogens (primary N) is 1. The second kappa shape index (κ2) is 6.03. The molecular formula is C13H27N5O. The van der Waals surface area contributed by atoms with Gasteiger partial charge in [0.1, 0.15) is 12.5 Å². The smallest absolute Gasteiger partial charge is 0.125 e. The lowest BCUT2D eigenvalue weighted by Gasteiger charge is -2.43. The normalized spacial score (nSPS) is 42.6. The molecular weight excluding hydrogens is 242 g/mol. The second-order valence-electron chi connectivity index (χ2n) is 6.08. The molecule has 4 atom stereocenters. The van der Waals surface area contributed by atoms with Gasteiger partial charge < -0.3 is 15.8 Å². The Kier molecular flexibility index (Phi) is 4.36. The third-order valence-electron chi connectivity index (χ3n) is 4.74. The number of hydrazine groups is 1. The van der Waals surface area contributed by atoms with Gasteiger partial charge in [0, 0.05) is 24.5 Å². The molecule has 0 aliphatic carbocycles. The summed E-state index contributed by atoms with van der Waals surface area (Å²) in [6.07, 6.45) is 3.88. The molecule has 3 aliphatic heterocycles. The van der Waals surface area contributed by atoms with E-state index in [9.17, 15) is 0 Å². The van der Waals surface area contributed by atoms with Crippen LogP contribution < -0.4 is 21.9 Å². The molecule has 3 rings (SSSR count). The van der Waals surface area contributed by atoms with Gasteiger partial charge in [-0.2, -0.15) is 0 Å². The number of hydrogen-bond donors (Lipinski definition) is 4. The van der Waals surface area contributed by atoms with E-state index in [4.69, 9.17) is 10.5 Å². The van der Waals surface area contributed by atoms with Crippen LogP contribution >= 0.6 is 0 Å². The molecule has 5 N–H and O–H groups in total. The molecule has 0 aromatic heterocycles. The van der Waals surface area contributed by atoms with Crippen LogP contribution in [0.5, 0.6) is 0 Å². The van der Waals surface area contributed by atoms with Crippen molar-refractivity contribution in [1.82, 2.24) is 21.1 Å². The number of hydrogen-bond acceptors (Lipinski definition) is 6. The van der Waals surface area contributed by atoms with Gasteiger partial charge in [0.05, 0.1) is 0 Å². The molecule has 3 heterocycles. The first-order valence-electron chi connectivity index (χ1n) is 7.61. The van der Waals surface area contributed by atoms with Crippen LogP contribution in [0.3, 0.4) is 0 Å². The highest BCUT2D eigenvalue weighted by molar-refractivity contribution is 4.91. The summed E-state index contributed by atoms with van der Waals surface area (Å²) in [4.78, 5) is 2.59. The van der Waals surface area contributed by atoms with Gasteiger partial charge in [-0.3, -0.25) is 4.90 Å². The van der Waals surface area contributed by atoms with Gasteiger partial charge in [-0.1, -0.05) is 0 Å². The van der Waals surface area contributed by atoms with Crippen LogP contribution in [0, 0.1) is 5.92 Å². The van der Waals surface area contributed by atoms with Crippen molar-refractivity contribution in [2.24, 2.45) is 11.7 Å². The summed E-state index contributed by atoms with van der Waals surface area (Å²) in [6.45, 7) is 6.40. The maximum absolute atomic E-state index is 6.23. The molecule has 0 aromatic carbocycles. The highest BCUT2D eigenvalue weighted by atomic mass is 16.5. The van der Waals surface area contributed by atoms with E-state index in [-0.39, 0.29) is 18.5 Å². The SMILES string of the molecule is CC1NNC(C2CCN(C3CCNCC3N)CC2)O1. The third kappa shape index (κ3) is 3.09. The van der Waals surface area contributed by atoms with Crippen molar-refractivity contribution in [1.29, 1.82) is 0 Å². The fraction of sp³-hybridized carbons (Fsp3) is 1.00. The van der Waals surface area contributed by atoms with Crippen LogP contribution in [0.2, 0.25) is 0 Å². The number of nitrogens with zero attached hydrogens (tertiary/aromatic N) is 1. The average molecular weight is 269 g/mol. The van der Waals surface area contributed by atoms with E-state index in [2.05, 4.69) is 21.1 Å². The predicted octanol–water partition coefficient (Wildman–Crippen LogP) is -0.816. The standard InChI is InChI=1S/C13H27N5O/c1-9-16-17-13(19-9)10-3-6-18(7-4-10)12-2-5-15-8-11(12)14/h9-13,15-17H,2-8,14H2,1H3. The summed E-state index contributed by atoms with van der Waals surface area (Å²) in [6, 6.07) is 0.851. The summed E-state index contributed by atoms with van der Waals surface area (Å²) >= 11 is 0. The third-order valence-corrected chi connectivity index (χ3v) is 4.74. The Morgan fingerprint density at radius 3 is 2.58 bits per heavy atom. The summed E-state index contributed by atoms with van der Waals surface area (Å²) in [5, 5.41) is 3.37. The minimum atomic E-state index is 0.126. The zero-order valence-corrected chi connectivity index (χ0v) is 11.8. The molecule has 3 saturated heterocycles. The number of piperidine rings is 2. The fourth-order valence-corrected chi connectivity index (χ4v) is 3.59. The summed E-state index contributed by atoms with van der Waals surface area (Å²) < 4.78 is 5.83. The first kappa shape index (κ1) is 13.7. The highest BCUT2D eigenvalue weighted by Crippen LogP contribution is 2.26. The van der Waals surface area contributed by atoms with Crippen molar-refractivity contribution in [3.8, 4) is 0 Å². The molecule has 0 aromatic rings. The first-order valence-corrected chi connectivity index (χ1v) is 7.61. The Labute approximate surface area is 115 Å². The monoisotopic (exact) mass is 269 g/mol. The van der Waals surface area contributed by atoms with Crippen LogP contribution in [0.15, 0.2) is 0 Å². The maximum Gasteiger partial charge on any atom is 0.125 e. The largest absolute Gasteiger partial charge is 0.343 e. The molecule has 6 nitrogen and oxygen atoms in total. The van der Waals surface area contributed by atoms with Crippen molar-refractivity contribution >= 4 is 0 Å². The van der Waals surface area contributed by atoms with E-state index in [0.717, 1.165) is 26.2 Å². The molecule has 6 heteroatoms. The van der Waals surface area contributed by atoms with Crippen molar-refractivity contribution in [3.05, 3.63) is 0 Å². The lowest BCUT2D eigenvalue weighted by molar-refractivity contribution is -0.0176. The second-order valence-corrected chi connectivity index (χ2v) is 6.08. The minimum absolute atomic E-state index is 0.126. The number of likely N-dealkylation sites (tertiary alicyclic amines) is 1. The Morgan fingerprint density at radius 2 is 1.95 bits per heavy atom. The van der Waals surface area contributed by atoms with Crippen molar-refractivity contribution < 1.29 is 4.74 Å². The first-order chi connectivity index (χ1) is 9.24. The van der Waals surface area contributed by atoms with Crippen LogP contribution in [-0.2, 0) is 4.74 Å². The molecule has 0 amide bonds. The molecule has 0 spiro atoms. The molecule has 0 bridgehead atoms. The van der Waals surface area contributed by atoms with Crippen LogP contribution in [0.1, 0.15) is 26.2 Å². The van der Waals surface area contributed by atoms with Gasteiger partial charge in [-0.25, -0.2) is 10.9 Å². The fourth-order valence-electron chi connectivity index (χ4n) is 3.59. The Hall–Kier alpha value is -0.240. The molecule has 110 valence electrons. The van der Waals surface area contributed by atoms with Crippen LogP contribution in [0.4, 0.5) is 0 Å². The van der Waals surface area contributed by atoms with Crippen molar-refractivity contribution in [2.75, 3.05) is 26.2 Å². The Morgan fingerprint density at radius 1 is 1.16 bits per heavy atom. The highest BCUT2D eigenvalue weighted by Gasteiger charge is 2.35. The summed E-state index contributed by atoms with van der Waals surface area (Å²) in [7, 11) is 0. The van der Waals surface area contributed by atoms with Gasteiger partial charge >= 0.3 is 0 Å². The van der Waals surface area contributed by atoms with E-state index < -0.39 is 0 Å². The molecule has 0 radical (unpaired) electrons. The molecule has 4 unspecified atom stereocenters. The van der Waals surface area contributed by atoms with E-state index in [1.165, 1.54) is 19.3 Å². The maximum atomic E-state index is 6.23. The van der Waals surface area contributed by atoms with E-state index in [0.29, 0.717) is 12.0 Å². The van der Waals surface area contributed by atoms with E-state index in [1.807, 2.05) is 6.92 Å². The topological polar surface area (TPSA) is 74.6 Å². The van der Waals surface area contributed by atoms with Crippen molar-refractivity contribution in [2.45, 2.75) is 50.7 Å². The number of ether oxygens (including phenoxy) is 1. The van der Waals surface area contributed by atoms with Crippen LogP contribution in [-0.4, -0.2) is 55.6 Å². The zero-order valence-electron chi connectivity index (χ0n) is 11.8. The lowest BCUT2D eigenvalue weighted by atomic mass is 9.91. The number of rotatable bonds is 2. The molecule has 3 fully saturated rings. The van der Waals surface area contributed by atoms with Crippen molar-refractivity contribution in [3.63, 3.8) is 0 Å². The van der Waals surface area contributed by atoms with Gasteiger partial charge in [-0.05, 0) is 45.8 Å². The molecule has 19 heavy (non-hydrogen) atoms. The Bertz CT molecular complexity index is 295. The van der Waals surface area contributed by atoms with Gasteiger partial charge in [0.25, 0.3) is 0 Å². The molecule has 3 aliphatic rings. The predicted molar refractivity (Wildman–Crippen MR) is 74.2 cm³/mol. The quantitative estimate of drug-likeness (QED) is 0.525. The van der Waals surface area contributed by atoms with E-state index in [1.54, 1.807) is 0 Å². The molecule has 0 saturated carbocycles. The minimum Gasteiger partial charge on any atom is -0.343 e. The summed E-state index contributed by atoms with van der Waals surface area (Å²) in [5.74, 6) is 0.617. The lowest BCUT2D eigenvalue weighted by Crippen LogP contribution is -2.58. The zero-order chi connectivity index (χ0) is 13.2. The van der Waals surface area contributed by atoms with Crippen LogP contribution in [0.25, 0.3) is 0 Å². The Balaban J connectivity index is 1.49. The average Bonchev–Trinajstić information content (AvgIpc) is 2.86. The van der Waals surface area contributed by atoms with Gasteiger partial charge in [0.15, 0.2) is 0 Å². The van der Waals surface area contributed by atoms with Gasteiger partial charge in [0.2, 0.25) is 0 Å². The number of nitrogens with one attached hydrogen (secondary N) is 3. The summed E-state index contributed by atoms with van der Waals surface area (Å²) in [5.41, 5.74) is 12.6. The van der Waals surface area contributed by atoms with Gasteiger partial charge in [-0.15, -0.1) is 0 Å².